The molecule has 0 N–H and O–H groups in total. The zero-order valence-corrected chi connectivity index (χ0v) is 9.53. The second kappa shape index (κ2) is 4.33. The van der Waals surface area contributed by atoms with Crippen molar-refractivity contribution in [1.82, 2.24) is 15.2 Å². The molecule has 0 aliphatic heterocycles. The van der Waals surface area contributed by atoms with Crippen molar-refractivity contribution in [2.45, 2.75) is 0 Å². The Balaban J connectivity index is 2.03. The molecule has 0 spiro atoms. The van der Waals surface area contributed by atoms with Crippen LogP contribution >= 0.6 is 0 Å². The summed E-state index contributed by atoms with van der Waals surface area (Å²) >= 11 is 0. The number of ether oxygens (including phenoxy) is 1. The van der Waals surface area contributed by atoms with Crippen molar-refractivity contribution in [3.05, 3.63) is 36.9 Å². The van der Waals surface area contributed by atoms with E-state index in [0.717, 1.165) is 5.56 Å². The monoisotopic (exact) mass is 243 g/mol. The third-order valence-corrected chi connectivity index (χ3v) is 2.41. The highest BCUT2D eigenvalue weighted by atomic mass is 16.5. The van der Waals surface area contributed by atoms with Gasteiger partial charge >= 0.3 is 0 Å². The van der Waals surface area contributed by atoms with Crippen molar-refractivity contribution in [3.8, 4) is 28.9 Å². The minimum Gasteiger partial charge on any atom is -0.496 e. The van der Waals surface area contributed by atoms with Crippen LogP contribution in [0.2, 0.25) is 0 Å². The van der Waals surface area contributed by atoms with Crippen LogP contribution in [-0.4, -0.2) is 22.3 Å². The van der Waals surface area contributed by atoms with E-state index in [-0.39, 0.29) is 5.89 Å². The molecule has 2 aromatic heterocycles. The summed E-state index contributed by atoms with van der Waals surface area (Å²) < 4.78 is 15.8. The fourth-order valence-electron chi connectivity index (χ4n) is 1.57. The summed E-state index contributed by atoms with van der Waals surface area (Å²) in [5.74, 6) is 1.76. The summed E-state index contributed by atoms with van der Waals surface area (Å²) in [6, 6.07) is 7.41. The number of nitrogens with zero attached hydrogens (tertiary/aromatic N) is 3. The molecule has 0 fully saturated rings. The SMILES string of the molecule is COc1ccccc1-c1nnc(-c2cnco2)o1. The van der Waals surface area contributed by atoms with Crippen LogP contribution in [0.4, 0.5) is 0 Å². The van der Waals surface area contributed by atoms with Crippen LogP contribution < -0.4 is 4.74 Å². The summed E-state index contributed by atoms with van der Waals surface area (Å²) in [4.78, 5) is 3.80. The summed E-state index contributed by atoms with van der Waals surface area (Å²) in [6.07, 6.45) is 2.82. The lowest BCUT2D eigenvalue weighted by Crippen LogP contribution is -1.87. The summed E-state index contributed by atoms with van der Waals surface area (Å²) in [7, 11) is 1.59. The van der Waals surface area contributed by atoms with Crippen molar-refractivity contribution >= 4 is 0 Å². The van der Waals surface area contributed by atoms with Crippen LogP contribution in [0.15, 0.2) is 45.7 Å². The minimum absolute atomic E-state index is 0.286. The molecular weight excluding hydrogens is 234 g/mol. The van der Waals surface area contributed by atoms with Crippen molar-refractivity contribution in [1.29, 1.82) is 0 Å². The molecule has 3 aromatic rings. The van der Waals surface area contributed by atoms with Gasteiger partial charge in [-0.3, -0.25) is 0 Å². The first-order chi connectivity index (χ1) is 8.88. The second-order valence-corrected chi connectivity index (χ2v) is 3.48. The number of benzene rings is 1. The molecule has 90 valence electrons. The van der Waals surface area contributed by atoms with Gasteiger partial charge in [-0.05, 0) is 12.1 Å². The first-order valence-corrected chi connectivity index (χ1v) is 5.24. The zero-order chi connectivity index (χ0) is 12.4. The summed E-state index contributed by atoms with van der Waals surface area (Å²) in [5.41, 5.74) is 0.735. The van der Waals surface area contributed by atoms with Gasteiger partial charge in [0, 0.05) is 0 Å². The molecule has 3 rings (SSSR count). The molecule has 0 aliphatic carbocycles. The lowest BCUT2D eigenvalue weighted by molar-refractivity contribution is 0.414. The summed E-state index contributed by atoms with van der Waals surface area (Å²) in [5, 5.41) is 7.87. The average Bonchev–Trinajstić information content (AvgIpc) is 3.09. The second-order valence-electron chi connectivity index (χ2n) is 3.48. The number of rotatable bonds is 3. The van der Waals surface area contributed by atoms with E-state index >= 15 is 0 Å². The number of oxazole rings is 1. The minimum atomic E-state index is 0.286. The van der Waals surface area contributed by atoms with Crippen molar-refractivity contribution in [2.24, 2.45) is 0 Å². The van der Waals surface area contributed by atoms with Gasteiger partial charge in [-0.2, -0.15) is 0 Å². The van der Waals surface area contributed by atoms with Crippen LogP contribution in [0.25, 0.3) is 23.1 Å². The topological polar surface area (TPSA) is 74.2 Å². The molecule has 0 amide bonds. The van der Waals surface area contributed by atoms with E-state index in [2.05, 4.69) is 15.2 Å². The maximum Gasteiger partial charge on any atom is 0.285 e. The van der Waals surface area contributed by atoms with Crippen LogP contribution in [0, 0.1) is 0 Å². The fourth-order valence-corrected chi connectivity index (χ4v) is 1.57. The zero-order valence-electron chi connectivity index (χ0n) is 9.53. The predicted molar refractivity (Wildman–Crippen MR) is 61.8 cm³/mol. The fraction of sp³-hybridized carbons (Fsp3) is 0.0833. The van der Waals surface area contributed by atoms with Gasteiger partial charge in [-0.15, -0.1) is 10.2 Å². The van der Waals surface area contributed by atoms with Gasteiger partial charge in [0.2, 0.25) is 5.76 Å². The maximum absolute atomic E-state index is 5.52. The van der Waals surface area contributed by atoms with E-state index in [9.17, 15) is 0 Å². The maximum atomic E-state index is 5.52. The first kappa shape index (κ1) is 10.5. The molecule has 18 heavy (non-hydrogen) atoms. The highest BCUT2D eigenvalue weighted by molar-refractivity contribution is 5.63. The molecule has 6 heteroatoms. The standard InChI is InChI=1S/C12H9N3O3/c1-16-9-5-3-2-4-8(9)11-14-15-12(18-11)10-6-13-7-17-10/h2-7H,1H3. The van der Waals surface area contributed by atoms with E-state index in [4.69, 9.17) is 13.6 Å². The number of para-hydroxylation sites is 1. The molecule has 6 nitrogen and oxygen atoms in total. The van der Waals surface area contributed by atoms with Crippen LogP contribution in [-0.2, 0) is 0 Å². The highest BCUT2D eigenvalue weighted by Gasteiger charge is 2.15. The van der Waals surface area contributed by atoms with Crippen LogP contribution in [0.1, 0.15) is 0 Å². The van der Waals surface area contributed by atoms with Gasteiger partial charge in [-0.1, -0.05) is 12.1 Å². The smallest absolute Gasteiger partial charge is 0.285 e. The van der Waals surface area contributed by atoms with Crippen molar-refractivity contribution in [2.75, 3.05) is 7.11 Å². The lowest BCUT2D eigenvalue weighted by Gasteiger charge is -2.02. The van der Waals surface area contributed by atoms with Crippen LogP contribution in [0.5, 0.6) is 5.75 Å². The first-order valence-electron chi connectivity index (χ1n) is 5.24. The van der Waals surface area contributed by atoms with Gasteiger partial charge in [0.25, 0.3) is 11.8 Å². The third kappa shape index (κ3) is 1.73. The molecule has 0 atom stereocenters. The Bertz CT molecular complexity index is 646. The Labute approximate surface area is 102 Å². The Morgan fingerprint density at radius 3 is 2.72 bits per heavy atom. The van der Waals surface area contributed by atoms with E-state index in [1.165, 1.54) is 12.6 Å². The number of aromatic nitrogens is 3. The van der Waals surface area contributed by atoms with Crippen molar-refractivity contribution < 1.29 is 13.6 Å². The van der Waals surface area contributed by atoms with E-state index in [1.807, 2.05) is 24.3 Å². The van der Waals surface area contributed by atoms with E-state index in [1.54, 1.807) is 7.11 Å². The molecule has 0 saturated carbocycles. The predicted octanol–water partition coefficient (Wildman–Crippen LogP) is 2.40. The Morgan fingerprint density at radius 1 is 1.11 bits per heavy atom. The quantitative estimate of drug-likeness (QED) is 0.703. The molecule has 0 unspecified atom stereocenters. The van der Waals surface area contributed by atoms with Gasteiger partial charge < -0.3 is 13.6 Å². The number of hydrogen-bond acceptors (Lipinski definition) is 6. The van der Waals surface area contributed by atoms with Gasteiger partial charge in [0.05, 0.1) is 18.9 Å². The Kier molecular flexibility index (Phi) is 2.53. The molecule has 0 bridgehead atoms. The third-order valence-electron chi connectivity index (χ3n) is 2.41. The van der Waals surface area contributed by atoms with Gasteiger partial charge in [0.15, 0.2) is 6.39 Å². The summed E-state index contributed by atoms with van der Waals surface area (Å²) in [6.45, 7) is 0. The van der Waals surface area contributed by atoms with Gasteiger partial charge in [-0.25, -0.2) is 4.98 Å². The molecule has 1 aromatic carbocycles. The lowest BCUT2D eigenvalue weighted by atomic mass is 10.2. The van der Waals surface area contributed by atoms with E-state index < -0.39 is 0 Å². The Morgan fingerprint density at radius 2 is 1.94 bits per heavy atom. The van der Waals surface area contributed by atoms with E-state index in [0.29, 0.717) is 17.4 Å². The van der Waals surface area contributed by atoms with Crippen LogP contribution in [0.3, 0.4) is 0 Å². The highest BCUT2D eigenvalue weighted by Crippen LogP contribution is 2.30. The molecular formula is C12H9N3O3. The molecule has 0 saturated heterocycles. The van der Waals surface area contributed by atoms with Crippen molar-refractivity contribution in [3.63, 3.8) is 0 Å². The van der Waals surface area contributed by atoms with Gasteiger partial charge in [0.1, 0.15) is 5.75 Å². The number of methoxy groups -OCH3 is 1. The normalized spacial score (nSPS) is 10.5. The average molecular weight is 243 g/mol. The molecule has 2 heterocycles. The largest absolute Gasteiger partial charge is 0.496 e. The molecule has 0 radical (unpaired) electrons. The molecule has 0 aliphatic rings. The Hall–Kier alpha value is -2.63. The number of hydrogen-bond donors (Lipinski definition) is 0.